The minimum atomic E-state index is 0.660. The molecule has 0 saturated carbocycles. The second kappa shape index (κ2) is 5.77. The molecular formula is C19H23N3S. The number of benzene rings is 1. The van der Waals surface area contributed by atoms with Crippen molar-refractivity contribution in [1.29, 1.82) is 0 Å². The van der Waals surface area contributed by atoms with Gasteiger partial charge < -0.3 is 5.73 Å². The molecule has 0 saturated heterocycles. The SMILES string of the molecule is Cc1ccc(-c2nc3sc4c(n3c2CCN)CCC(C)C4)cc1. The summed E-state index contributed by atoms with van der Waals surface area (Å²) >= 11 is 1.87. The highest BCUT2D eigenvalue weighted by molar-refractivity contribution is 7.17. The average molecular weight is 325 g/mol. The number of imidazole rings is 1. The molecule has 120 valence electrons. The number of fused-ring (bicyclic) bond motifs is 3. The van der Waals surface area contributed by atoms with E-state index < -0.39 is 0 Å². The number of hydrogen-bond donors (Lipinski definition) is 1. The van der Waals surface area contributed by atoms with Gasteiger partial charge >= 0.3 is 0 Å². The first-order valence-electron chi connectivity index (χ1n) is 8.46. The number of nitrogens with zero attached hydrogens (tertiary/aromatic N) is 2. The first-order chi connectivity index (χ1) is 11.2. The summed E-state index contributed by atoms with van der Waals surface area (Å²) in [6, 6.07) is 8.67. The fourth-order valence-electron chi connectivity index (χ4n) is 3.59. The Labute approximate surface area is 141 Å². The summed E-state index contributed by atoms with van der Waals surface area (Å²) in [7, 11) is 0. The molecule has 1 aliphatic carbocycles. The van der Waals surface area contributed by atoms with E-state index >= 15 is 0 Å². The van der Waals surface area contributed by atoms with Gasteiger partial charge in [-0.3, -0.25) is 4.40 Å². The molecule has 1 unspecified atom stereocenters. The van der Waals surface area contributed by atoms with Gasteiger partial charge in [0.1, 0.15) is 0 Å². The van der Waals surface area contributed by atoms with Crippen LogP contribution in [0.3, 0.4) is 0 Å². The van der Waals surface area contributed by atoms with E-state index in [-0.39, 0.29) is 0 Å². The van der Waals surface area contributed by atoms with Gasteiger partial charge in [-0.05, 0) is 38.6 Å². The summed E-state index contributed by atoms with van der Waals surface area (Å²) in [5.41, 5.74) is 12.3. The van der Waals surface area contributed by atoms with E-state index in [1.165, 1.54) is 40.2 Å². The second-order valence-corrected chi connectivity index (χ2v) is 7.81. The van der Waals surface area contributed by atoms with E-state index in [2.05, 4.69) is 42.5 Å². The summed E-state index contributed by atoms with van der Waals surface area (Å²) in [6.07, 6.45) is 4.52. The van der Waals surface area contributed by atoms with Crippen molar-refractivity contribution in [3.8, 4) is 11.3 Å². The molecule has 4 heteroatoms. The molecule has 0 spiro atoms. The molecule has 1 aliphatic rings. The Bertz CT molecular complexity index is 842. The fourth-order valence-corrected chi connectivity index (χ4v) is 4.94. The molecule has 3 aromatic rings. The first-order valence-corrected chi connectivity index (χ1v) is 9.28. The Kier molecular flexibility index (Phi) is 3.74. The minimum Gasteiger partial charge on any atom is -0.330 e. The molecule has 0 radical (unpaired) electrons. The van der Waals surface area contributed by atoms with Gasteiger partial charge in [-0.2, -0.15) is 0 Å². The Morgan fingerprint density at radius 3 is 2.83 bits per heavy atom. The highest BCUT2D eigenvalue weighted by Crippen LogP contribution is 2.36. The van der Waals surface area contributed by atoms with Crippen molar-refractivity contribution in [3.05, 3.63) is 46.1 Å². The van der Waals surface area contributed by atoms with Gasteiger partial charge in [-0.1, -0.05) is 36.8 Å². The smallest absolute Gasteiger partial charge is 0.194 e. The van der Waals surface area contributed by atoms with Crippen molar-refractivity contribution in [3.63, 3.8) is 0 Å². The summed E-state index contributed by atoms with van der Waals surface area (Å²) in [5, 5.41) is 0. The van der Waals surface area contributed by atoms with Crippen LogP contribution in [0.4, 0.5) is 0 Å². The second-order valence-electron chi connectivity index (χ2n) is 6.75. The van der Waals surface area contributed by atoms with Crippen LogP contribution < -0.4 is 5.73 Å². The maximum absolute atomic E-state index is 5.91. The zero-order valence-corrected chi connectivity index (χ0v) is 14.6. The normalized spacial score (nSPS) is 17.6. The molecule has 2 heterocycles. The number of rotatable bonds is 3. The predicted molar refractivity (Wildman–Crippen MR) is 97.2 cm³/mol. The molecule has 0 fully saturated rings. The average Bonchev–Trinajstić information content (AvgIpc) is 3.05. The van der Waals surface area contributed by atoms with E-state index in [1.807, 2.05) is 11.3 Å². The largest absolute Gasteiger partial charge is 0.330 e. The number of thiazole rings is 1. The first kappa shape index (κ1) is 14.9. The van der Waals surface area contributed by atoms with Crippen molar-refractivity contribution in [2.75, 3.05) is 6.54 Å². The van der Waals surface area contributed by atoms with Crippen LogP contribution in [-0.2, 0) is 19.3 Å². The standard InChI is InChI=1S/C19H23N3S/c1-12-3-6-14(7-4-12)18-16(9-10-20)22-15-8-5-13(2)11-17(15)23-19(22)21-18/h3-4,6-7,13H,5,8-11,20H2,1-2H3. The monoisotopic (exact) mass is 325 g/mol. The molecule has 1 atom stereocenters. The lowest BCUT2D eigenvalue weighted by Crippen LogP contribution is -2.13. The third kappa shape index (κ3) is 2.50. The maximum Gasteiger partial charge on any atom is 0.194 e. The van der Waals surface area contributed by atoms with E-state index in [0.717, 1.165) is 29.4 Å². The highest BCUT2D eigenvalue weighted by Gasteiger charge is 2.25. The lowest BCUT2D eigenvalue weighted by molar-refractivity contribution is 0.498. The van der Waals surface area contributed by atoms with Crippen LogP contribution >= 0.6 is 11.3 Å². The lowest BCUT2D eigenvalue weighted by atomic mass is 9.93. The van der Waals surface area contributed by atoms with Gasteiger partial charge in [0, 0.05) is 22.6 Å². The Morgan fingerprint density at radius 2 is 2.09 bits per heavy atom. The molecule has 4 rings (SSSR count). The van der Waals surface area contributed by atoms with Crippen molar-refractivity contribution >= 4 is 16.3 Å². The van der Waals surface area contributed by atoms with Gasteiger partial charge in [-0.25, -0.2) is 4.98 Å². The Hall–Kier alpha value is -1.65. The third-order valence-corrected chi connectivity index (χ3v) is 5.97. The van der Waals surface area contributed by atoms with Crippen molar-refractivity contribution in [2.45, 2.75) is 39.5 Å². The van der Waals surface area contributed by atoms with Crippen molar-refractivity contribution < 1.29 is 0 Å². The van der Waals surface area contributed by atoms with Crippen LogP contribution in [0.2, 0.25) is 0 Å². The highest BCUT2D eigenvalue weighted by atomic mass is 32.1. The van der Waals surface area contributed by atoms with Gasteiger partial charge in [0.2, 0.25) is 0 Å². The summed E-state index contributed by atoms with van der Waals surface area (Å²) < 4.78 is 2.41. The third-order valence-electron chi connectivity index (χ3n) is 4.86. The Morgan fingerprint density at radius 1 is 1.30 bits per heavy atom. The lowest BCUT2D eigenvalue weighted by Gasteiger charge is -2.18. The Balaban J connectivity index is 1.90. The molecule has 0 amide bonds. The van der Waals surface area contributed by atoms with Crippen molar-refractivity contribution in [1.82, 2.24) is 9.38 Å². The van der Waals surface area contributed by atoms with Crippen LogP contribution in [0.5, 0.6) is 0 Å². The summed E-state index contributed by atoms with van der Waals surface area (Å²) in [5.74, 6) is 0.792. The number of aromatic nitrogens is 2. The van der Waals surface area contributed by atoms with E-state index in [1.54, 1.807) is 0 Å². The molecule has 1 aromatic carbocycles. The predicted octanol–water partition coefficient (Wildman–Crippen LogP) is 4.00. The summed E-state index contributed by atoms with van der Waals surface area (Å²) in [4.78, 5) is 7.66. The van der Waals surface area contributed by atoms with Gasteiger partial charge in [0.15, 0.2) is 4.96 Å². The molecular weight excluding hydrogens is 302 g/mol. The van der Waals surface area contributed by atoms with Crippen LogP contribution in [0, 0.1) is 12.8 Å². The van der Waals surface area contributed by atoms with Crippen LogP contribution in [-0.4, -0.2) is 15.9 Å². The van der Waals surface area contributed by atoms with Crippen molar-refractivity contribution in [2.24, 2.45) is 11.7 Å². The number of hydrogen-bond acceptors (Lipinski definition) is 3. The molecule has 0 aliphatic heterocycles. The summed E-state index contributed by atoms with van der Waals surface area (Å²) in [6.45, 7) is 5.13. The molecule has 23 heavy (non-hydrogen) atoms. The fraction of sp³-hybridized carbons (Fsp3) is 0.421. The zero-order valence-electron chi connectivity index (χ0n) is 13.8. The van der Waals surface area contributed by atoms with Crippen LogP contribution in [0.25, 0.3) is 16.2 Å². The molecule has 3 nitrogen and oxygen atoms in total. The topological polar surface area (TPSA) is 43.3 Å². The van der Waals surface area contributed by atoms with E-state index in [0.29, 0.717) is 6.54 Å². The van der Waals surface area contributed by atoms with E-state index in [9.17, 15) is 0 Å². The zero-order chi connectivity index (χ0) is 16.0. The van der Waals surface area contributed by atoms with Crippen LogP contribution in [0.1, 0.15) is 35.2 Å². The van der Waals surface area contributed by atoms with Gasteiger partial charge in [-0.15, -0.1) is 11.3 Å². The van der Waals surface area contributed by atoms with Gasteiger partial charge in [0.25, 0.3) is 0 Å². The van der Waals surface area contributed by atoms with E-state index in [4.69, 9.17) is 10.7 Å². The molecule has 2 N–H and O–H groups in total. The number of nitrogens with two attached hydrogens (primary N) is 1. The maximum atomic E-state index is 5.91. The van der Waals surface area contributed by atoms with Gasteiger partial charge in [0.05, 0.1) is 11.4 Å². The van der Waals surface area contributed by atoms with Crippen LogP contribution in [0.15, 0.2) is 24.3 Å². The minimum absolute atomic E-state index is 0.660. The molecule has 0 bridgehead atoms. The molecule has 2 aromatic heterocycles. The quantitative estimate of drug-likeness (QED) is 0.791. The number of aryl methyl sites for hydroxylation is 2.